The highest BCUT2D eigenvalue weighted by Gasteiger charge is 2.37. The van der Waals surface area contributed by atoms with Crippen molar-refractivity contribution < 1.29 is 24.2 Å². The summed E-state index contributed by atoms with van der Waals surface area (Å²) in [7, 11) is 0. The van der Waals surface area contributed by atoms with Crippen LogP contribution in [0.3, 0.4) is 0 Å². The van der Waals surface area contributed by atoms with Crippen LogP contribution in [0.4, 0.5) is 4.79 Å². The molecule has 0 saturated heterocycles. The minimum atomic E-state index is -0.952. The number of hydrogen-bond acceptors (Lipinski definition) is 5. The van der Waals surface area contributed by atoms with E-state index in [4.69, 9.17) is 4.74 Å². The van der Waals surface area contributed by atoms with E-state index in [9.17, 15) is 19.5 Å². The maximum atomic E-state index is 14.3. The van der Waals surface area contributed by atoms with Gasteiger partial charge in [0.2, 0.25) is 11.8 Å². The second-order valence-corrected chi connectivity index (χ2v) is 11.7. The maximum Gasteiger partial charge on any atom is 0.408 e. The molecular formula is C32H45N3O5. The van der Waals surface area contributed by atoms with E-state index < -0.39 is 23.8 Å². The molecule has 2 unspecified atom stereocenters. The molecule has 2 aromatic rings. The molecule has 0 spiro atoms. The standard InChI is InChI=1S/C32H45N3O5/c1-6-19-35(30(38)26(21-23-13-9-7-10-14-23)34-31(39)40-32(3,4)5)28(24-17-18-27(36)22(2)20-24)29(37)33-25-15-11-8-12-16-25/h7,9-10,13-14,17-18,20,25-26,28,36H,6,8,11-12,15-16,19,21H2,1-5H3,(H,33,37)(H,34,39). The van der Waals surface area contributed by atoms with Crippen LogP contribution < -0.4 is 10.6 Å². The number of carbonyl (C=O) groups excluding carboxylic acids is 3. The summed E-state index contributed by atoms with van der Waals surface area (Å²) >= 11 is 0. The van der Waals surface area contributed by atoms with E-state index in [1.807, 2.05) is 37.3 Å². The van der Waals surface area contributed by atoms with Crippen molar-refractivity contribution in [3.05, 3.63) is 65.2 Å². The molecule has 3 N–H and O–H groups in total. The summed E-state index contributed by atoms with van der Waals surface area (Å²) in [5.41, 5.74) is 1.36. The van der Waals surface area contributed by atoms with Crippen molar-refractivity contribution in [3.63, 3.8) is 0 Å². The van der Waals surface area contributed by atoms with Crippen LogP contribution in [0.25, 0.3) is 0 Å². The Morgan fingerprint density at radius 1 is 1.05 bits per heavy atom. The van der Waals surface area contributed by atoms with E-state index in [-0.39, 0.29) is 30.0 Å². The van der Waals surface area contributed by atoms with Gasteiger partial charge in [0.15, 0.2) is 0 Å². The van der Waals surface area contributed by atoms with E-state index in [1.165, 1.54) is 0 Å². The highest BCUT2D eigenvalue weighted by Crippen LogP contribution is 2.29. The molecule has 1 saturated carbocycles. The number of aryl methyl sites for hydroxylation is 1. The lowest BCUT2D eigenvalue weighted by Crippen LogP contribution is -2.54. The van der Waals surface area contributed by atoms with Crippen molar-refractivity contribution in [1.29, 1.82) is 0 Å². The highest BCUT2D eigenvalue weighted by molar-refractivity contribution is 5.92. The molecule has 2 atom stereocenters. The molecule has 1 fully saturated rings. The molecule has 218 valence electrons. The van der Waals surface area contributed by atoms with Crippen molar-refractivity contribution in [1.82, 2.24) is 15.5 Å². The zero-order valence-electron chi connectivity index (χ0n) is 24.5. The van der Waals surface area contributed by atoms with Gasteiger partial charge in [0.1, 0.15) is 23.4 Å². The molecule has 3 rings (SSSR count). The predicted octanol–water partition coefficient (Wildman–Crippen LogP) is 5.57. The Kier molecular flexibility index (Phi) is 11.0. The number of rotatable bonds is 10. The number of phenols is 1. The first-order valence-corrected chi connectivity index (χ1v) is 14.4. The summed E-state index contributed by atoms with van der Waals surface area (Å²) in [6.45, 7) is 9.33. The third-order valence-corrected chi connectivity index (χ3v) is 7.07. The maximum absolute atomic E-state index is 14.3. The molecule has 3 amide bonds. The lowest BCUT2D eigenvalue weighted by molar-refractivity contribution is -0.142. The third kappa shape index (κ3) is 9.00. The molecular weight excluding hydrogens is 506 g/mol. The van der Waals surface area contributed by atoms with Crippen LogP contribution in [0.5, 0.6) is 5.75 Å². The second kappa shape index (κ2) is 14.2. The SMILES string of the molecule is CCCN(C(=O)C(Cc1ccccc1)NC(=O)OC(C)(C)C)C(C(=O)NC1CCCCC1)c1ccc(O)c(C)c1. The minimum absolute atomic E-state index is 0.0561. The van der Waals surface area contributed by atoms with E-state index in [0.29, 0.717) is 24.1 Å². The van der Waals surface area contributed by atoms with Gasteiger partial charge in [-0.1, -0.05) is 62.6 Å². The number of aromatic hydroxyl groups is 1. The van der Waals surface area contributed by atoms with Crippen LogP contribution in [-0.2, 0) is 20.7 Å². The molecule has 0 aromatic heterocycles. The summed E-state index contributed by atoms with van der Waals surface area (Å²) in [6.07, 6.45) is 5.25. The quantitative estimate of drug-likeness (QED) is 0.358. The Morgan fingerprint density at radius 3 is 2.33 bits per heavy atom. The number of phenolic OH excluding ortho intramolecular Hbond substituents is 1. The lowest BCUT2D eigenvalue weighted by Gasteiger charge is -2.35. The van der Waals surface area contributed by atoms with Crippen LogP contribution in [0, 0.1) is 6.92 Å². The molecule has 1 aliphatic carbocycles. The van der Waals surface area contributed by atoms with Gasteiger partial charge in [-0.2, -0.15) is 0 Å². The highest BCUT2D eigenvalue weighted by atomic mass is 16.6. The van der Waals surface area contributed by atoms with Gasteiger partial charge in [-0.05, 0) is 75.8 Å². The van der Waals surface area contributed by atoms with Crippen LogP contribution in [0.1, 0.15) is 89.0 Å². The fourth-order valence-corrected chi connectivity index (χ4v) is 5.16. The molecule has 0 radical (unpaired) electrons. The van der Waals surface area contributed by atoms with Gasteiger partial charge in [-0.25, -0.2) is 4.79 Å². The Hall–Kier alpha value is -3.55. The number of nitrogens with zero attached hydrogens (tertiary/aromatic N) is 1. The molecule has 8 heteroatoms. The van der Waals surface area contributed by atoms with Crippen molar-refractivity contribution in [2.24, 2.45) is 0 Å². The van der Waals surface area contributed by atoms with E-state index in [2.05, 4.69) is 10.6 Å². The van der Waals surface area contributed by atoms with Crippen LogP contribution in [0.2, 0.25) is 0 Å². The average Bonchev–Trinajstić information content (AvgIpc) is 2.89. The number of amides is 3. The number of benzene rings is 2. The van der Waals surface area contributed by atoms with Gasteiger partial charge in [0.05, 0.1) is 0 Å². The first-order chi connectivity index (χ1) is 19.0. The molecule has 1 aliphatic rings. The van der Waals surface area contributed by atoms with Crippen molar-refractivity contribution >= 4 is 17.9 Å². The van der Waals surface area contributed by atoms with Gasteiger partial charge in [-0.15, -0.1) is 0 Å². The number of alkyl carbamates (subject to hydrolysis) is 1. The topological polar surface area (TPSA) is 108 Å². The first-order valence-electron chi connectivity index (χ1n) is 14.4. The monoisotopic (exact) mass is 551 g/mol. The van der Waals surface area contributed by atoms with Crippen LogP contribution in [-0.4, -0.2) is 52.1 Å². The molecule has 0 aliphatic heterocycles. The van der Waals surface area contributed by atoms with Crippen LogP contribution >= 0.6 is 0 Å². The Morgan fingerprint density at radius 2 is 1.73 bits per heavy atom. The lowest BCUT2D eigenvalue weighted by atomic mass is 9.94. The van der Waals surface area contributed by atoms with Gasteiger partial charge >= 0.3 is 6.09 Å². The summed E-state index contributed by atoms with van der Waals surface area (Å²) < 4.78 is 5.49. The number of ether oxygens (including phenoxy) is 1. The zero-order valence-corrected chi connectivity index (χ0v) is 24.5. The summed E-state index contributed by atoms with van der Waals surface area (Å²) in [6, 6.07) is 12.6. The summed E-state index contributed by atoms with van der Waals surface area (Å²) in [4.78, 5) is 42.7. The van der Waals surface area contributed by atoms with Gasteiger partial charge in [0, 0.05) is 19.0 Å². The summed E-state index contributed by atoms with van der Waals surface area (Å²) in [5.74, 6) is -0.502. The minimum Gasteiger partial charge on any atom is -0.508 e. The van der Waals surface area contributed by atoms with Crippen molar-refractivity contribution in [3.8, 4) is 5.75 Å². The van der Waals surface area contributed by atoms with Gasteiger partial charge < -0.3 is 25.4 Å². The fraction of sp³-hybridized carbons (Fsp3) is 0.531. The van der Waals surface area contributed by atoms with Crippen molar-refractivity contribution in [2.45, 2.75) is 103 Å². The van der Waals surface area contributed by atoms with Gasteiger partial charge in [-0.3, -0.25) is 9.59 Å². The Labute approximate surface area is 238 Å². The van der Waals surface area contributed by atoms with Gasteiger partial charge in [0.25, 0.3) is 0 Å². The molecule has 8 nitrogen and oxygen atoms in total. The smallest absolute Gasteiger partial charge is 0.408 e. The Balaban J connectivity index is 2.00. The average molecular weight is 552 g/mol. The molecule has 0 heterocycles. The normalized spacial score (nSPS) is 15.5. The zero-order chi connectivity index (χ0) is 29.3. The number of nitrogens with one attached hydrogen (secondary N) is 2. The molecule has 40 heavy (non-hydrogen) atoms. The van der Waals surface area contributed by atoms with E-state index in [1.54, 1.807) is 50.8 Å². The second-order valence-electron chi connectivity index (χ2n) is 11.7. The Bertz CT molecular complexity index is 1140. The first kappa shape index (κ1) is 31.0. The predicted molar refractivity (Wildman–Crippen MR) is 156 cm³/mol. The third-order valence-electron chi connectivity index (χ3n) is 7.07. The fourth-order valence-electron chi connectivity index (χ4n) is 5.16. The molecule has 0 bridgehead atoms. The molecule has 2 aromatic carbocycles. The number of hydrogen-bond donors (Lipinski definition) is 3. The van der Waals surface area contributed by atoms with Crippen LogP contribution in [0.15, 0.2) is 48.5 Å². The number of carbonyl (C=O) groups is 3. The largest absolute Gasteiger partial charge is 0.508 e. The summed E-state index contributed by atoms with van der Waals surface area (Å²) in [5, 5.41) is 16.2. The van der Waals surface area contributed by atoms with Crippen molar-refractivity contribution in [2.75, 3.05) is 6.54 Å². The van der Waals surface area contributed by atoms with E-state index >= 15 is 0 Å². The van der Waals surface area contributed by atoms with E-state index in [0.717, 1.165) is 37.7 Å².